The van der Waals surface area contributed by atoms with E-state index in [0.717, 1.165) is 11.1 Å². The van der Waals surface area contributed by atoms with Gasteiger partial charge < -0.3 is 14.2 Å². The Morgan fingerprint density at radius 2 is 1.75 bits per heavy atom. The van der Waals surface area contributed by atoms with E-state index in [0.29, 0.717) is 44.0 Å². The number of hydrogen-bond donors (Lipinski definition) is 2. The molecular weight excluding hydrogens is 517 g/mol. The lowest BCUT2D eigenvalue weighted by atomic mass is 10.1. The molecule has 1 amide bonds. The predicted molar refractivity (Wildman–Crippen MR) is 147 cm³/mol. The van der Waals surface area contributed by atoms with E-state index in [1.54, 1.807) is 48.5 Å². The van der Waals surface area contributed by atoms with Crippen molar-refractivity contribution in [1.82, 2.24) is 10.3 Å². The summed E-state index contributed by atoms with van der Waals surface area (Å²) in [5, 5.41) is 6.72. The van der Waals surface area contributed by atoms with E-state index >= 15 is 0 Å². The van der Waals surface area contributed by atoms with Crippen LogP contribution in [0.2, 0.25) is 10.0 Å². The number of nitrogens with zero attached hydrogens (tertiary/aromatic N) is 1. The fourth-order valence-electron chi connectivity index (χ4n) is 3.62. The van der Waals surface area contributed by atoms with Crippen molar-refractivity contribution < 1.29 is 13.6 Å². The van der Waals surface area contributed by atoms with Gasteiger partial charge in [0.2, 0.25) is 5.89 Å². The number of aromatic nitrogens is 1. The van der Waals surface area contributed by atoms with Crippen molar-refractivity contribution in [1.29, 1.82) is 0 Å². The summed E-state index contributed by atoms with van der Waals surface area (Å²) in [6.45, 7) is 4.07. The molecule has 9 heteroatoms. The van der Waals surface area contributed by atoms with Crippen LogP contribution >= 0.6 is 35.4 Å². The minimum atomic E-state index is -0.465. The molecule has 0 spiro atoms. The molecule has 0 bridgehead atoms. The Kier molecular flexibility index (Phi) is 6.53. The van der Waals surface area contributed by atoms with Crippen LogP contribution in [0.25, 0.3) is 33.9 Å². The fraction of sp³-hybridized carbons (Fsp3) is 0.0741. The van der Waals surface area contributed by atoms with Crippen LogP contribution in [0.15, 0.2) is 75.6 Å². The first kappa shape index (κ1) is 24.1. The normalized spacial score (nSPS) is 11.0. The predicted octanol–water partition coefficient (Wildman–Crippen LogP) is 7.81. The second-order valence-electron chi connectivity index (χ2n) is 8.20. The molecule has 2 aromatic heterocycles. The van der Waals surface area contributed by atoms with Gasteiger partial charge in [-0.05, 0) is 91.8 Å². The van der Waals surface area contributed by atoms with E-state index in [1.165, 1.54) is 5.56 Å². The molecule has 0 saturated carbocycles. The monoisotopic (exact) mass is 535 g/mol. The van der Waals surface area contributed by atoms with Crippen LogP contribution in [-0.4, -0.2) is 16.0 Å². The average molecular weight is 536 g/mol. The van der Waals surface area contributed by atoms with E-state index in [4.69, 9.17) is 44.3 Å². The third kappa shape index (κ3) is 4.99. The second-order valence-corrected chi connectivity index (χ2v) is 9.45. The molecule has 36 heavy (non-hydrogen) atoms. The number of rotatable bonds is 4. The van der Waals surface area contributed by atoms with Gasteiger partial charge in [0.15, 0.2) is 16.5 Å². The highest BCUT2D eigenvalue weighted by atomic mass is 35.5. The zero-order chi connectivity index (χ0) is 25.4. The highest BCUT2D eigenvalue weighted by molar-refractivity contribution is 7.80. The minimum Gasteiger partial charge on any atom is -0.451 e. The number of anilines is 1. The van der Waals surface area contributed by atoms with Crippen molar-refractivity contribution in [2.24, 2.45) is 0 Å². The summed E-state index contributed by atoms with van der Waals surface area (Å²) in [6.07, 6.45) is 0. The average Bonchev–Trinajstić information content (AvgIpc) is 3.49. The number of furan rings is 1. The zero-order valence-corrected chi connectivity index (χ0v) is 21.5. The molecule has 0 saturated heterocycles. The lowest BCUT2D eigenvalue weighted by Gasteiger charge is -2.10. The number of amides is 1. The molecule has 0 aliphatic rings. The highest BCUT2D eigenvalue weighted by Gasteiger charge is 2.16. The Labute approximate surface area is 222 Å². The van der Waals surface area contributed by atoms with Crippen molar-refractivity contribution in [3.8, 4) is 22.8 Å². The number of nitrogens with one attached hydrogen (secondary N) is 2. The number of carbonyl (C=O) groups excluding carboxylic acids is 1. The lowest BCUT2D eigenvalue weighted by molar-refractivity contribution is 0.0951. The van der Waals surface area contributed by atoms with Crippen molar-refractivity contribution in [3.63, 3.8) is 0 Å². The largest absolute Gasteiger partial charge is 0.451 e. The number of hydrogen-bond acceptors (Lipinski definition) is 5. The van der Waals surface area contributed by atoms with Crippen molar-refractivity contribution in [3.05, 3.63) is 93.7 Å². The second kappa shape index (κ2) is 9.78. The summed E-state index contributed by atoms with van der Waals surface area (Å²) in [4.78, 5) is 17.2. The molecular formula is C27H19Cl2N3O3S. The third-order valence-electron chi connectivity index (χ3n) is 5.65. The molecule has 0 radical (unpaired) electrons. The molecule has 3 aromatic carbocycles. The number of thiocarbonyl (C=S) groups is 1. The third-order valence-corrected chi connectivity index (χ3v) is 6.42. The lowest BCUT2D eigenvalue weighted by Crippen LogP contribution is -2.33. The number of oxazole rings is 1. The summed E-state index contributed by atoms with van der Waals surface area (Å²) in [5.41, 5.74) is 5.59. The Morgan fingerprint density at radius 3 is 2.56 bits per heavy atom. The first-order valence-corrected chi connectivity index (χ1v) is 12.1. The Balaban J connectivity index is 1.29. The number of carbonyl (C=O) groups is 1. The maximum absolute atomic E-state index is 12.7. The smallest absolute Gasteiger partial charge is 0.293 e. The van der Waals surface area contributed by atoms with E-state index in [9.17, 15) is 4.79 Å². The Bertz CT molecular complexity index is 1640. The molecule has 5 aromatic rings. The van der Waals surface area contributed by atoms with Gasteiger partial charge in [0, 0.05) is 16.3 Å². The zero-order valence-electron chi connectivity index (χ0n) is 19.2. The van der Waals surface area contributed by atoms with Crippen LogP contribution in [0.3, 0.4) is 0 Å². The van der Waals surface area contributed by atoms with Crippen LogP contribution in [0.5, 0.6) is 0 Å². The summed E-state index contributed by atoms with van der Waals surface area (Å²) < 4.78 is 11.6. The Hall–Kier alpha value is -3.65. The number of aryl methyl sites for hydroxylation is 2. The van der Waals surface area contributed by atoms with Gasteiger partial charge in [0.05, 0.1) is 10.6 Å². The molecule has 0 aliphatic carbocycles. The van der Waals surface area contributed by atoms with Crippen molar-refractivity contribution in [2.45, 2.75) is 13.8 Å². The number of fused-ring (bicyclic) bond motifs is 1. The van der Waals surface area contributed by atoms with Gasteiger partial charge in [-0.15, -0.1) is 0 Å². The van der Waals surface area contributed by atoms with Gasteiger partial charge in [-0.25, -0.2) is 4.98 Å². The molecule has 0 fully saturated rings. The number of halogens is 2. The van der Waals surface area contributed by atoms with Crippen LogP contribution in [0.4, 0.5) is 5.69 Å². The van der Waals surface area contributed by atoms with E-state index in [1.807, 2.05) is 32.0 Å². The van der Waals surface area contributed by atoms with Crippen LogP contribution < -0.4 is 10.6 Å². The van der Waals surface area contributed by atoms with Crippen LogP contribution in [-0.2, 0) is 0 Å². The minimum absolute atomic E-state index is 0.0988. The molecule has 6 nitrogen and oxygen atoms in total. The van der Waals surface area contributed by atoms with Gasteiger partial charge >= 0.3 is 0 Å². The van der Waals surface area contributed by atoms with Crippen LogP contribution in [0.1, 0.15) is 21.7 Å². The Morgan fingerprint density at radius 1 is 0.917 bits per heavy atom. The van der Waals surface area contributed by atoms with E-state index < -0.39 is 5.91 Å². The molecule has 0 atom stereocenters. The first-order valence-electron chi connectivity index (χ1n) is 10.9. The molecule has 2 N–H and O–H groups in total. The highest BCUT2D eigenvalue weighted by Crippen LogP contribution is 2.33. The first-order chi connectivity index (χ1) is 17.3. The molecule has 0 aliphatic heterocycles. The molecule has 0 unspecified atom stereocenters. The van der Waals surface area contributed by atoms with Crippen molar-refractivity contribution in [2.75, 3.05) is 5.32 Å². The van der Waals surface area contributed by atoms with Crippen LogP contribution in [0, 0.1) is 13.8 Å². The quantitative estimate of drug-likeness (QED) is 0.228. The maximum Gasteiger partial charge on any atom is 0.293 e. The fourth-order valence-corrected chi connectivity index (χ4v) is 4.19. The molecule has 5 rings (SSSR count). The SMILES string of the molecule is Cc1ccc(-c2ccc(C(=O)NC(=S)Nc3ccc(Cl)c(-c4nc5cc(Cl)ccc5o4)c3)o2)cc1C. The van der Waals surface area contributed by atoms with Crippen molar-refractivity contribution >= 4 is 63.2 Å². The summed E-state index contributed by atoms with van der Waals surface area (Å²) in [7, 11) is 0. The van der Waals surface area contributed by atoms with Gasteiger partial charge in [-0.2, -0.15) is 0 Å². The molecule has 180 valence electrons. The summed E-state index contributed by atoms with van der Waals surface area (Å²) in [6, 6.07) is 19.7. The standard InChI is InChI=1S/C27H19Cl2N3O3S/c1-14-3-4-16(11-15(14)2)22-9-10-24(34-22)25(33)32-27(36)30-18-6-7-20(29)19(13-18)26-31-21-12-17(28)5-8-23(21)35-26/h3-13H,1-2H3,(H2,30,32,33,36). The molecule has 2 heterocycles. The maximum atomic E-state index is 12.7. The summed E-state index contributed by atoms with van der Waals surface area (Å²) >= 11 is 17.8. The topological polar surface area (TPSA) is 80.3 Å². The van der Waals surface area contributed by atoms with E-state index in [-0.39, 0.29) is 10.9 Å². The summed E-state index contributed by atoms with van der Waals surface area (Å²) in [5.74, 6) is 0.622. The van der Waals surface area contributed by atoms with E-state index in [2.05, 4.69) is 15.6 Å². The number of benzene rings is 3. The van der Waals surface area contributed by atoms with Gasteiger partial charge in [-0.3, -0.25) is 10.1 Å². The van der Waals surface area contributed by atoms with Gasteiger partial charge in [0.25, 0.3) is 5.91 Å². The van der Waals surface area contributed by atoms with Gasteiger partial charge in [0.1, 0.15) is 11.3 Å². The van der Waals surface area contributed by atoms with Gasteiger partial charge in [-0.1, -0.05) is 35.3 Å².